The second kappa shape index (κ2) is 12.9. The van der Waals surface area contributed by atoms with Crippen LogP contribution in [0.15, 0.2) is 49.2 Å². The molecule has 0 aliphatic heterocycles. The molecule has 2 aromatic heterocycles. The summed E-state index contributed by atoms with van der Waals surface area (Å²) in [5.41, 5.74) is 3.83. The lowest BCUT2D eigenvalue weighted by atomic mass is 10.1. The number of aromatic amines is 1. The molecule has 3 N–H and O–H groups in total. The average Bonchev–Trinajstić information content (AvgIpc) is 3.56. The van der Waals surface area contributed by atoms with Crippen LogP contribution in [-0.2, 0) is 17.7 Å². The predicted octanol–water partition coefficient (Wildman–Crippen LogP) is 4.11. The van der Waals surface area contributed by atoms with Crippen molar-refractivity contribution in [1.29, 1.82) is 5.26 Å². The minimum atomic E-state index is -4.78. The number of hydrogen-bond acceptors (Lipinski definition) is 8. The summed E-state index contributed by atoms with van der Waals surface area (Å²) < 4.78 is 49.3. The van der Waals surface area contributed by atoms with Crippen molar-refractivity contribution in [3.63, 3.8) is 0 Å². The minimum absolute atomic E-state index is 0.00866. The van der Waals surface area contributed by atoms with E-state index in [9.17, 15) is 13.2 Å². The van der Waals surface area contributed by atoms with Crippen LogP contribution in [0.3, 0.4) is 0 Å². The normalized spacial score (nSPS) is 11.5. The number of ether oxygens (including phenoxy) is 2. The maximum absolute atomic E-state index is 12.6. The molecule has 0 amide bonds. The van der Waals surface area contributed by atoms with E-state index in [4.69, 9.17) is 10.00 Å². The molecule has 0 atom stereocenters. The van der Waals surface area contributed by atoms with E-state index in [1.54, 1.807) is 24.9 Å². The second-order valence-corrected chi connectivity index (χ2v) is 8.48. The molecule has 2 aromatic carbocycles. The molecule has 4 aromatic rings. The Kier molecular flexibility index (Phi) is 9.12. The summed E-state index contributed by atoms with van der Waals surface area (Å²) in [6, 6.07) is 10.2. The first-order valence-electron chi connectivity index (χ1n) is 12.0. The zero-order valence-corrected chi connectivity index (χ0v) is 20.5. The largest absolute Gasteiger partial charge is 0.573 e. The van der Waals surface area contributed by atoms with Gasteiger partial charge in [-0.15, -0.1) is 23.4 Å². The molecule has 13 heteroatoms. The fourth-order valence-electron chi connectivity index (χ4n) is 3.93. The SMILES string of the molecule is N#CCc1cc(CNCCCCOCCNc2cc(-n3cnnc3)cc3[nH]ncc23)cc(OC(F)(F)F)c1. The number of nitrogens with one attached hydrogen (secondary N) is 3. The van der Waals surface area contributed by atoms with Crippen molar-refractivity contribution in [3.8, 4) is 17.5 Å². The molecule has 0 saturated carbocycles. The third-order valence-electron chi connectivity index (χ3n) is 5.59. The minimum Gasteiger partial charge on any atom is -0.406 e. The monoisotopic (exact) mass is 528 g/mol. The predicted molar refractivity (Wildman–Crippen MR) is 134 cm³/mol. The van der Waals surface area contributed by atoms with Crippen molar-refractivity contribution in [3.05, 3.63) is 60.3 Å². The number of anilines is 1. The Morgan fingerprint density at radius 3 is 2.61 bits per heavy atom. The van der Waals surface area contributed by atoms with Crippen molar-refractivity contribution in [2.45, 2.75) is 32.2 Å². The number of hydrogen-bond donors (Lipinski definition) is 3. The molecule has 2 heterocycles. The highest BCUT2D eigenvalue weighted by Gasteiger charge is 2.31. The van der Waals surface area contributed by atoms with Gasteiger partial charge < -0.3 is 20.1 Å². The number of H-pyrrole nitrogens is 1. The van der Waals surface area contributed by atoms with E-state index in [1.807, 2.05) is 22.8 Å². The van der Waals surface area contributed by atoms with Crippen LogP contribution in [0.4, 0.5) is 18.9 Å². The smallest absolute Gasteiger partial charge is 0.406 e. The first kappa shape index (κ1) is 26.9. The van der Waals surface area contributed by atoms with Crippen LogP contribution in [0.1, 0.15) is 24.0 Å². The third-order valence-corrected chi connectivity index (χ3v) is 5.59. The maximum Gasteiger partial charge on any atom is 0.573 e. The summed E-state index contributed by atoms with van der Waals surface area (Å²) in [6.45, 7) is 2.78. The highest BCUT2D eigenvalue weighted by atomic mass is 19.4. The van der Waals surface area contributed by atoms with Gasteiger partial charge in [0.25, 0.3) is 0 Å². The van der Waals surface area contributed by atoms with Crippen LogP contribution < -0.4 is 15.4 Å². The molecular weight excluding hydrogens is 501 g/mol. The molecule has 0 saturated heterocycles. The number of fused-ring (bicyclic) bond motifs is 1. The molecule has 0 unspecified atom stereocenters. The topological polar surface area (TPSA) is 126 Å². The summed E-state index contributed by atoms with van der Waals surface area (Å²) in [7, 11) is 0. The van der Waals surface area contributed by atoms with Gasteiger partial charge in [0, 0.05) is 30.8 Å². The third kappa shape index (κ3) is 7.92. The van der Waals surface area contributed by atoms with Crippen LogP contribution in [0, 0.1) is 11.3 Å². The summed E-state index contributed by atoms with van der Waals surface area (Å²) in [5.74, 6) is -0.317. The number of benzene rings is 2. The number of alkyl halides is 3. The Balaban J connectivity index is 1.14. The number of nitrogens with zero attached hydrogens (tertiary/aromatic N) is 5. The van der Waals surface area contributed by atoms with Crippen LogP contribution in [0.2, 0.25) is 0 Å². The Labute approximate surface area is 216 Å². The molecule has 0 bridgehead atoms. The van der Waals surface area contributed by atoms with E-state index in [1.165, 1.54) is 12.1 Å². The van der Waals surface area contributed by atoms with Gasteiger partial charge in [0.1, 0.15) is 18.4 Å². The van der Waals surface area contributed by atoms with Crippen LogP contribution >= 0.6 is 0 Å². The van der Waals surface area contributed by atoms with E-state index >= 15 is 0 Å². The van der Waals surface area contributed by atoms with Crippen molar-refractivity contribution in [1.82, 2.24) is 30.3 Å². The molecule has 0 aliphatic rings. The lowest BCUT2D eigenvalue weighted by molar-refractivity contribution is -0.274. The molecule has 200 valence electrons. The van der Waals surface area contributed by atoms with Gasteiger partial charge in [-0.25, -0.2) is 0 Å². The van der Waals surface area contributed by atoms with Gasteiger partial charge in [0.2, 0.25) is 0 Å². The molecule has 10 nitrogen and oxygen atoms in total. The number of halogens is 3. The van der Waals surface area contributed by atoms with E-state index < -0.39 is 6.36 Å². The van der Waals surface area contributed by atoms with E-state index in [2.05, 4.69) is 35.8 Å². The van der Waals surface area contributed by atoms with Gasteiger partial charge in [-0.1, -0.05) is 6.07 Å². The molecule has 0 radical (unpaired) electrons. The van der Waals surface area contributed by atoms with E-state index in [0.29, 0.717) is 44.0 Å². The van der Waals surface area contributed by atoms with Gasteiger partial charge >= 0.3 is 6.36 Å². The molecular formula is C25H27F3N8O2. The fourth-order valence-corrected chi connectivity index (χ4v) is 3.93. The maximum atomic E-state index is 12.6. The number of nitriles is 1. The van der Waals surface area contributed by atoms with Gasteiger partial charge in [0.05, 0.1) is 36.5 Å². The highest BCUT2D eigenvalue weighted by Crippen LogP contribution is 2.26. The summed E-state index contributed by atoms with van der Waals surface area (Å²) in [6.07, 6.45) is 1.93. The van der Waals surface area contributed by atoms with E-state index in [-0.39, 0.29) is 12.2 Å². The highest BCUT2D eigenvalue weighted by molar-refractivity contribution is 5.93. The number of unbranched alkanes of at least 4 members (excludes halogenated alkanes) is 1. The molecule has 0 aliphatic carbocycles. The Morgan fingerprint density at radius 2 is 1.82 bits per heavy atom. The molecule has 0 spiro atoms. The van der Waals surface area contributed by atoms with Crippen molar-refractivity contribution >= 4 is 16.6 Å². The van der Waals surface area contributed by atoms with Crippen molar-refractivity contribution in [2.24, 2.45) is 0 Å². The summed E-state index contributed by atoms with van der Waals surface area (Å²) in [4.78, 5) is 0. The van der Waals surface area contributed by atoms with E-state index in [0.717, 1.165) is 35.1 Å². The second-order valence-electron chi connectivity index (χ2n) is 8.48. The summed E-state index contributed by atoms with van der Waals surface area (Å²) in [5, 5.41) is 31.2. The van der Waals surface area contributed by atoms with Gasteiger partial charge in [-0.05, 0) is 54.8 Å². The number of rotatable bonds is 14. The van der Waals surface area contributed by atoms with Crippen LogP contribution in [0.5, 0.6) is 5.75 Å². The van der Waals surface area contributed by atoms with Crippen molar-refractivity contribution in [2.75, 3.05) is 31.6 Å². The van der Waals surface area contributed by atoms with Gasteiger partial charge in [-0.3, -0.25) is 9.67 Å². The first-order chi connectivity index (χ1) is 18.4. The Hall–Kier alpha value is -4.15. The molecule has 38 heavy (non-hydrogen) atoms. The number of aromatic nitrogens is 5. The average molecular weight is 529 g/mol. The Morgan fingerprint density at radius 1 is 1.00 bits per heavy atom. The zero-order valence-electron chi connectivity index (χ0n) is 20.5. The quantitative estimate of drug-likeness (QED) is 0.209. The fraction of sp³-hybridized carbons (Fsp3) is 0.360. The van der Waals surface area contributed by atoms with Gasteiger partial charge in [-0.2, -0.15) is 10.4 Å². The van der Waals surface area contributed by atoms with Crippen LogP contribution in [-0.4, -0.2) is 57.6 Å². The standard InChI is InChI=1S/C25H27F3N8O2/c26-25(27,28)38-21-10-18(3-4-29)9-19(11-21)14-30-5-1-2-7-37-8-6-31-23-12-20(36-16-33-34-17-36)13-24-22(23)15-32-35-24/h9-13,15-17,30-31H,1-3,5-8,14H2,(H,32,35). The lowest BCUT2D eigenvalue weighted by Crippen LogP contribution is -2.18. The zero-order chi connectivity index (χ0) is 26.8. The molecule has 0 fully saturated rings. The van der Waals surface area contributed by atoms with Crippen molar-refractivity contribution < 1.29 is 22.6 Å². The molecule has 4 rings (SSSR count). The summed E-state index contributed by atoms with van der Waals surface area (Å²) >= 11 is 0. The first-order valence-corrected chi connectivity index (χ1v) is 12.0. The Bertz CT molecular complexity index is 1350. The lowest BCUT2D eigenvalue weighted by Gasteiger charge is -2.12. The van der Waals surface area contributed by atoms with Crippen LogP contribution in [0.25, 0.3) is 16.6 Å². The van der Waals surface area contributed by atoms with Gasteiger partial charge in [0.15, 0.2) is 0 Å².